The van der Waals surface area contributed by atoms with Gasteiger partial charge in [-0.05, 0) is 39.0 Å². The highest BCUT2D eigenvalue weighted by Gasteiger charge is 2.16. The Morgan fingerprint density at radius 1 is 1.25 bits per heavy atom. The summed E-state index contributed by atoms with van der Waals surface area (Å²) in [5.41, 5.74) is 0. The quantitative estimate of drug-likeness (QED) is 0.408. The predicted molar refractivity (Wildman–Crippen MR) is 97.1 cm³/mol. The molecule has 1 unspecified atom stereocenters. The molecule has 0 amide bonds. The summed E-state index contributed by atoms with van der Waals surface area (Å²) in [4.78, 5) is 7.12. The van der Waals surface area contributed by atoms with Gasteiger partial charge in [-0.15, -0.1) is 24.0 Å². The van der Waals surface area contributed by atoms with Gasteiger partial charge in [0.2, 0.25) is 0 Å². The Bertz CT molecular complexity index is 266. The zero-order chi connectivity index (χ0) is 14.1. The molecule has 0 aromatic rings. The molecule has 5 heteroatoms. The highest BCUT2D eigenvalue weighted by molar-refractivity contribution is 14.0. The molecular weight excluding hydrogens is 365 g/mol. The number of nitrogens with zero attached hydrogens (tertiary/aromatic N) is 2. The van der Waals surface area contributed by atoms with Crippen LogP contribution in [0.25, 0.3) is 0 Å². The standard InChI is InChI=1S/C15H31N3O.HI/c1-5-16-15(18-11-7-8-12-18)17-10-9-14(13(3)4)19-6-2;/h13-14H,5-12H2,1-4H3,(H,16,17);1H. The third-order valence-corrected chi connectivity index (χ3v) is 3.54. The number of likely N-dealkylation sites (tertiary alicyclic amines) is 1. The minimum Gasteiger partial charge on any atom is -0.378 e. The summed E-state index contributed by atoms with van der Waals surface area (Å²) in [6, 6.07) is 0. The molecule has 0 aliphatic carbocycles. The van der Waals surface area contributed by atoms with Crippen LogP contribution in [0.2, 0.25) is 0 Å². The van der Waals surface area contributed by atoms with Crippen LogP contribution in [0.5, 0.6) is 0 Å². The van der Waals surface area contributed by atoms with Crippen LogP contribution in [0.1, 0.15) is 47.0 Å². The van der Waals surface area contributed by atoms with Crippen molar-refractivity contribution in [1.29, 1.82) is 0 Å². The molecule has 1 fully saturated rings. The van der Waals surface area contributed by atoms with Crippen LogP contribution in [0, 0.1) is 5.92 Å². The van der Waals surface area contributed by atoms with Crippen LogP contribution in [0.3, 0.4) is 0 Å². The van der Waals surface area contributed by atoms with Crippen LogP contribution in [0.15, 0.2) is 4.99 Å². The second-order valence-corrected chi connectivity index (χ2v) is 5.46. The number of rotatable bonds is 7. The van der Waals surface area contributed by atoms with Gasteiger partial charge in [0.15, 0.2) is 5.96 Å². The fourth-order valence-corrected chi connectivity index (χ4v) is 2.48. The van der Waals surface area contributed by atoms with Crippen molar-refractivity contribution in [2.24, 2.45) is 10.9 Å². The highest BCUT2D eigenvalue weighted by Crippen LogP contribution is 2.12. The van der Waals surface area contributed by atoms with E-state index in [9.17, 15) is 0 Å². The van der Waals surface area contributed by atoms with Crippen LogP contribution in [0.4, 0.5) is 0 Å². The molecule has 4 nitrogen and oxygen atoms in total. The van der Waals surface area contributed by atoms with Crippen molar-refractivity contribution in [1.82, 2.24) is 10.2 Å². The Morgan fingerprint density at radius 2 is 1.90 bits per heavy atom. The largest absolute Gasteiger partial charge is 0.378 e. The number of aliphatic imine (C=N–C) groups is 1. The minimum absolute atomic E-state index is 0. The highest BCUT2D eigenvalue weighted by atomic mass is 127. The molecule has 1 rings (SSSR count). The van der Waals surface area contributed by atoms with Crippen molar-refractivity contribution in [2.45, 2.75) is 53.1 Å². The van der Waals surface area contributed by atoms with E-state index in [2.05, 4.69) is 37.9 Å². The molecule has 1 aliphatic rings. The summed E-state index contributed by atoms with van der Waals surface area (Å²) in [6.07, 6.45) is 3.92. The molecule has 1 N–H and O–H groups in total. The van der Waals surface area contributed by atoms with E-state index >= 15 is 0 Å². The normalized spacial score (nSPS) is 17.2. The Hall–Kier alpha value is -0.0400. The van der Waals surface area contributed by atoms with Crippen molar-refractivity contribution in [3.63, 3.8) is 0 Å². The molecule has 120 valence electrons. The summed E-state index contributed by atoms with van der Waals surface area (Å²) in [7, 11) is 0. The van der Waals surface area contributed by atoms with Gasteiger partial charge in [0.25, 0.3) is 0 Å². The van der Waals surface area contributed by atoms with Crippen LogP contribution < -0.4 is 5.32 Å². The van der Waals surface area contributed by atoms with Crippen molar-refractivity contribution >= 4 is 29.9 Å². The van der Waals surface area contributed by atoms with Crippen molar-refractivity contribution in [3.8, 4) is 0 Å². The lowest BCUT2D eigenvalue weighted by molar-refractivity contribution is 0.0266. The molecule has 0 radical (unpaired) electrons. The fourth-order valence-electron chi connectivity index (χ4n) is 2.48. The van der Waals surface area contributed by atoms with Gasteiger partial charge in [-0.3, -0.25) is 4.99 Å². The van der Waals surface area contributed by atoms with E-state index in [0.717, 1.165) is 45.2 Å². The van der Waals surface area contributed by atoms with E-state index in [1.165, 1.54) is 12.8 Å². The monoisotopic (exact) mass is 397 g/mol. The number of ether oxygens (including phenoxy) is 1. The van der Waals surface area contributed by atoms with Gasteiger partial charge in [-0.1, -0.05) is 13.8 Å². The minimum atomic E-state index is 0. The van der Waals surface area contributed by atoms with E-state index in [1.807, 2.05) is 0 Å². The molecule has 0 saturated carbocycles. The summed E-state index contributed by atoms with van der Waals surface area (Å²) >= 11 is 0. The van der Waals surface area contributed by atoms with E-state index < -0.39 is 0 Å². The van der Waals surface area contributed by atoms with Gasteiger partial charge in [0.05, 0.1) is 6.10 Å². The maximum atomic E-state index is 5.77. The molecular formula is C15H32IN3O. The molecule has 1 saturated heterocycles. The van der Waals surface area contributed by atoms with Crippen LogP contribution >= 0.6 is 24.0 Å². The molecule has 0 aromatic carbocycles. The number of guanidine groups is 1. The second-order valence-electron chi connectivity index (χ2n) is 5.46. The third kappa shape index (κ3) is 7.11. The first-order valence-corrected chi connectivity index (χ1v) is 7.83. The first-order valence-electron chi connectivity index (χ1n) is 7.83. The lowest BCUT2D eigenvalue weighted by Gasteiger charge is -2.22. The Balaban J connectivity index is 0.00000361. The predicted octanol–water partition coefficient (Wildman–Crippen LogP) is 3.12. The van der Waals surface area contributed by atoms with Gasteiger partial charge in [-0.2, -0.15) is 0 Å². The summed E-state index contributed by atoms with van der Waals surface area (Å²) in [5, 5.41) is 3.39. The molecule has 0 bridgehead atoms. The number of hydrogen-bond acceptors (Lipinski definition) is 2. The molecule has 20 heavy (non-hydrogen) atoms. The number of nitrogens with one attached hydrogen (secondary N) is 1. The topological polar surface area (TPSA) is 36.9 Å². The fraction of sp³-hybridized carbons (Fsp3) is 0.933. The van der Waals surface area contributed by atoms with E-state index in [0.29, 0.717) is 12.0 Å². The zero-order valence-electron chi connectivity index (χ0n) is 13.5. The third-order valence-electron chi connectivity index (χ3n) is 3.54. The summed E-state index contributed by atoms with van der Waals surface area (Å²) in [6.45, 7) is 13.5. The molecule has 1 aliphatic heterocycles. The molecule has 1 atom stereocenters. The zero-order valence-corrected chi connectivity index (χ0v) is 15.9. The number of hydrogen-bond donors (Lipinski definition) is 1. The lowest BCUT2D eigenvalue weighted by atomic mass is 10.0. The Kier molecular flexibility index (Phi) is 11.6. The maximum Gasteiger partial charge on any atom is 0.193 e. The van der Waals surface area contributed by atoms with Gasteiger partial charge in [-0.25, -0.2) is 0 Å². The smallest absolute Gasteiger partial charge is 0.193 e. The van der Waals surface area contributed by atoms with Gasteiger partial charge < -0.3 is 15.0 Å². The average Bonchev–Trinajstić information content (AvgIpc) is 2.90. The van der Waals surface area contributed by atoms with Crippen LogP contribution in [-0.4, -0.2) is 49.7 Å². The second kappa shape index (κ2) is 11.6. The lowest BCUT2D eigenvalue weighted by Crippen LogP contribution is -2.39. The Labute approximate surface area is 141 Å². The molecule has 0 aromatic heterocycles. The van der Waals surface area contributed by atoms with Gasteiger partial charge in [0.1, 0.15) is 0 Å². The first-order chi connectivity index (χ1) is 9.19. The molecule has 0 spiro atoms. The van der Waals surface area contributed by atoms with E-state index in [-0.39, 0.29) is 24.0 Å². The van der Waals surface area contributed by atoms with Crippen LogP contribution in [-0.2, 0) is 4.74 Å². The van der Waals surface area contributed by atoms with Crippen molar-refractivity contribution < 1.29 is 4.74 Å². The first kappa shape index (κ1) is 20.0. The molecule has 1 heterocycles. The average molecular weight is 397 g/mol. The van der Waals surface area contributed by atoms with Crippen molar-refractivity contribution in [2.75, 3.05) is 32.8 Å². The van der Waals surface area contributed by atoms with E-state index in [1.54, 1.807) is 0 Å². The number of halogens is 1. The SMILES string of the molecule is CCNC(=NCCC(OCC)C(C)C)N1CCCC1.I. The maximum absolute atomic E-state index is 5.77. The Morgan fingerprint density at radius 3 is 2.40 bits per heavy atom. The summed E-state index contributed by atoms with van der Waals surface area (Å²) < 4.78 is 5.77. The van der Waals surface area contributed by atoms with Gasteiger partial charge >= 0.3 is 0 Å². The van der Waals surface area contributed by atoms with Crippen molar-refractivity contribution in [3.05, 3.63) is 0 Å². The summed E-state index contributed by atoms with van der Waals surface area (Å²) in [5.74, 6) is 1.64. The van der Waals surface area contributed by atoms with Gasteiger partial charge in [0, 0.05) is 32.8 Å². The van der Waals surface area contributed by atoms with E-state index in [4.69, 9.17) is 9.73 Å².